The highest BCUT2D eigenvalue weighted by Gasteiger charge is 2.12. The van der Waals surface area contributed by atoms with Crippen LogP contribution in [-0.2, 0) is 6.42 Å². The predicted octanol–water partition coefficient (Wildman–Crippen LogP) is 1.71. The van der Waals surface area contributed by atoms with Crippen molar-refractivity contribution in [3.05, 3.63) is 70.5 Å². The van der Waals surface area contributed by atoms with Crippen LogP contribution in [0.1, 0.15) is 16.4 Å². The van der Waals surface area contributed by atoms with Crippen LogP contribution in [0, 0.1) is 0 Å². The Balaban J connectivity index is 1.54. The van der Waals surface area contributed by atoms with Crippen LogP contribution in [0.25, 0.3) is 0 Å². The molecular weight excluding hydrogens is 324 g/mol. The normalized spacial score (nSPS) is 10.4. The van der Waals surface area contributed by atoms with Gasteiger partial charge in [0.1, 0.15) is 17.4 Å². The van der Waals surface area contributed by atoms with E-state index in [1.165, 1.54) is 12.1 Å². The average molecular weight is 340 g/mol. The number of carbonyl (C=O) groups is 1. The Labute approximate surface area is 142 Å². The second kappa shape index (κ2) is 7.35. The summed E-state index contributed by atoms with van der Waals surface area (Å²) in [4.78, 5) is 29.9. The molecule has 0 bridgehead atoms. The second-order valence-corrected chi connectivity index (χ2v) is 5.16. The van der Waals surface area contributed by atoms with E-state index >= 15 is 0 Å². The highest BCUT2D eigenvalue weighted by molar-refractivity contribution is 5.91. The van der Waals surface area contributed by atoms with E-state index in [0.29, 0.717) is 18.0 Å². The van der Waals surface area contributed by atoms with Crippen molar-refractivity contribution >= 4 is 11.7 Å². The fraction of sp³-hybridized carbons (Fsp3) is 0.118. The van der Waals surface area contributed by atoms with Crippen LogP contribution in [0.5, 0.6) is 11.7 Å². The van der Waals surface area contributed by atoms with Crippen molar-refractivity contribution in [2.75, 3.05) is 12.3 Å². The zero-order valence-electron chi connectivity index (χ0n) is 13.2. The van der Waals surface area contributed by atoms with Crippen molar-refractivity contribution in [2.24, 2.45) is 0 Å². The van der Waals surface area contributed by atoms with Crippen LogP contribution < -0.4 is 21.3 Å². The lowest BCUT2D eigenvalue weighted by molar-refractivity contribution is 0.0921. The number of anilines is 1. The summed E-state index contributed by atoms with van der Waals surface area (Å²) in [5.74, 6) is 1.10. The number of nitrogens with zero attached hydrogens (tertiary/aromatic N) is 1. The number of aromatic nitrogens is 2. The molecule has 0 aliphatic heterocycles. The summed E-state index contributed by atoms with van der Waals surface area (Å²) in [6.45, 7) is 0.265. The smallest absolute Gasteiger partial charge is 0.290 e. The van der Waals surface area contributed by atoms with Crippen LogP contribution in [0.15, 0.2) is 57.7 Å². The lowest BCUT2D eigenvalue weighted by Gasteiger charge is -2.04. The van der Waals surface area contributed by atoms with Crippen molar-refractivity contribution in [1.82, 2.24) is 15.3 Å². The van der Waals surface area contributed by atoms with Gasteiger partial charge in [0.2, 0.25) is 0 Å². The van der Waals surface area contributed by atoms with Gasteiger partial charge >= 0.3 is 0 Å². The molecule has 0 unspecified atom stereocenters. The molecule has 0 spiro atoms. The van der Waals surface area contributed by atoms with E-state index in [1.54, 1.807) is 18.2 Å². The minimum atomic E-state index is -0.394. The summed E-state index contributed by atoms with van der Waals surface area (Å²) >= 11 is 0. The predicted molar refractivity (Wildman–Crippen MR) is 90.5 cm³/mol. The van der Waals surface area contributed by atoms with Crippen molar-refractivity contribution in [3.63, 3.8) is 0 Å². The van der Waals surface area contributed by atoms with Crippen molar-refractivity contribution < 1.29 is 13.9 Å². The summed E-state index contributed by atoms with van der Waals surface area (Å²) in [5, 5.41) is 2.67. The lowest BCUT2D eigenvalue weighted by Crippen LogP contribution is -2.26. The molecule has 0 radical (unpaired) electrons. The van der Waals surface area contributed by atoms with E-state index in [4.69, 9.17) is 14.9 Å². The number of nitrogens with two attached hydrogens (primary N) is 1. The quantitative estimate of drug-likeness (QED) is 0.627. The molecule has 1 aromatic carbocycles. The summed E-state index contributed by atoms with van der Waals surface area (Å²) in [5.41, 5.74) is 5.17. The van der Waals surface area contributed by atoms with Gasteiger partial charge < -0.3 is 25.2 Å². The number of hydrogen-bond acceptors (Lipinski definition) is 6. The third-order valence-corrected chi connectivity index (χ3v) is 3.22. The molecule has 0 atom stereocenters. The number of benzene rings is 1. The Morgan fingerprint density at radius 2 is 2.04 bits per heavy atom. The number of ether oxygens (including phenoxy) is 1. The van der Waals surface area contributed by atoms with E-state index < -0.39 is 5.91 Å². The van der Waals surface area contributed by atoms with Gasteiger partial charge in [-0.25, -0.2) is 4.98 Å². The zero-order chi connectivity index (χ0) is 17.6. The summed E-state index contributed by atoms with van der Waals surface area (Å²) in [6.07, 6.45) is 0.333. The first kappa shape index (κ1) is 16.3. The summed E-state index contributed by atoms with van der Waals surface area (Å²) < 4.78 is 10.9. The van der Waals surface area contributed by atoms with Gasteiger partial charge in [-0.15, -0.1) is 0 Å². The molecule has 4 N–H and O–H groups in total. The first-order valence-electron chi connectivity index (χ1n) is 7.57. The first-order valence-corrected chi connectivity index (χ1v) is 7.57. The Kier molecular flexibility index (Phi) is 4.79. The molecule has 0 saturated heterocycles. The largest absolute Gasteiger partial charge is 0.426 e. The molecule has 25 heavy (non-hydrogen) atoms. The molecule has 0 fully saturated rings. The van der Waals surface area contributed by atoms with Gasteiger partial charge in [-0.2, -0.15) is 0 Å². The molecule has 8 nitrogen and oxygen atoms in total. The maximum absolute atomic E-state index is 12.1. The number of furan rings is 1. The molecule has 2 heterocycles. The monoisotopic (exact) mass is 340 g/mol. The number of nitrogens with one attached hydrogen (secondary N) is 2. The second-order valence-electron chi connectivity index (χ2n) is 5.16. The SMILES string of the molecule is Nc1cc(=O)[nH]c(CCNC(=O)c2ccc(Oc3ccccc3)o2)n1. The van der Waals surface area contributed by atoms with Gasteiger partial charge in [0.05, 0.1) is 0 Å². The lowest BCUT2D eigenvalue weighted by atomic mass is 10.3. The number of nitrogen functional groups attached to an aromatic ring is 1. The van der Waals surface area contributed by atoms with Crippen LogP contribution in [0.4, 0.5) is 5.82 Å². The number of H-pyrrole nitrogens is 1. The van der Waals surface area contributed by atoms with E-state index in [0.717, 1.165) is 0 Å². The van der Waals surface area contributed by atoms with Gasteiger partial charge in [-0.05, 0) is 18.2 Å². The maximum atomic E-state index is 12.1. The molecule has 3 rings (SSSR count). The van der Waals surface area contributed by atoms with E-state index in [-0.39, 0.29) is 29.6 Å². The fourth-order valence-corrected chi connectivity index (χ4v) is 2.13. The zero-order valence-corrected chi connectivity index (χ0v) is 13.2. The van der Waals surface area contributed by atoms with E-state index in [2.05, 4.69) is 15.3 Å². The fourth-order valence-electron chi connectivity index (χ4n) is 2.13. The molecule has 3 aromatic rings. The molecule has 0 aliphatic rings. The number of rotatable bonds is 6. The van der Waals surface area contributed by atoms with Crippen LogP contribution >= 0.6 is 0 Å². The number of amides is 1. The number of hydrogen-bond donors (Lipinski definition) is 3. The highest BCUT2D eigenvalue weighted by Crippen LogP contribution is 2.23. The van der Waals surface area contributed by atoms with Crippen molar-refractivity contribution in [1.29, 1.82) is 0 Å². The summed E-state index contributed by atoms with van der Waals surface area (Å²) in [6, 6.07) is 13.4. The minimum absolute atomic E-state index is 0.125. The topological polar surface area (TPSA) is 123 Å². The standard InChI is InChI=1S/C17H16N4O4/c18-13-10-15(22)21-14(20-13)8-9-19-17(23)12-6-7-16(25-12)24-11-4-2-1-3-5-11/h1-7,10H,8-9H2,(H,19,23)(H3,18,20,21,22). The van der Waals surface area contributed by atoms with E-state index in [1.807, 2.05) is 18.2 Å². The van der Waals surface area contributed by atoms with Crippen molar-refractivity contribution in [3.8, 4) is 11.7 Å². The van der Waals surface area contributed by atoms with Crippen LogP contribution in [0.3, 0.4) is 0 Å². The maximum Gasteiger partial charge on any atom is 0.290 e. The van der Waals surface area contributed by atoms with Gasteiger partial charge in [0, 0.05) is 25.1 Å². The van der Waals surface area contributed by atoms with Crippen molar-refractivity contribution in [2.45, 2.75) is 6.42 Å². The number of para-hydroxylation sites is 1. The highest BCUT2D eigenvalue weighted by atomic mass is 16.6. The van der Waals surface area contributed by atoms with Crippen LogP contribution in [-0.4, -0.2) is 22.4 Å². The van der Waals surface area contributed by atoms with E-state index in [9.17, 15) is 9.59 Å². The van der Waals surface area contributed by atoms with Gasteiger partial charge in [-0.3, -0.25) is 9.59 Å². The Morgan fingerprint density at radius 1 is 1.24 bits per heavy atom. The van der Waals surface area contributed by atoms with Gasteiger partial charge in [0.15, 0.2) is 5.76 Å². The van der Waals surface area contributed by atoms with Gasteiger partial charge in [-0.1, -0.05) is 18.2 Å². The van der Waals surface area contributed by atoms with Gasteiger partial charge in [0.25, 0.3) is 17.4 Å². The molecule has 128 valence electrons. The molecular formula is C17H16N4O4. The third kappa shape index (κ3) is 4.47. The first-order chi connectivity index (χ1) is 12.1. The molecule has 0 aliphatic carbocycles. The molecule has 1 amide bonds. The molecule has 0 saturated carbocycles. The molecule has 8 heteroatoms. The van der Waals surface area contributed by atoms with Crippen LogP contribution in [0.2, 0.25) is 0 Å². The molecule has 2 aromatic heterocycles. The Bertz CT molecular complexity index is 918. The Hall–Kier alpha value is -3.55. The summed E-state index contributed by atoms with van der Waals surface area (Å²) in [7, 11) is 0. The average Bonchev–Trinajstić information content (AvgIpc) is 3.03. The minimum Gasteiger partial charge on any atom is -0.426 e. The third-order valence-electron chi connectivity index (χ3n) is 3.22. The number of aromatic amines is 1. The Morgan fingerprint density at radius 3 is 2.80 bits per heavy atom. The number of carbonyl (C=O) groups excluding carboxylic acids is 1.